The lowest BCUT2D eigenvalue weighted by Crippen LogP contribution is -2.63. The Morgan fingerprint density at radius 2 is 1.88 bits per heavy atom. The number of ether oxygens (including phenoxy) is 1. The topological polar surface area (TPSA) is 41.6 Å². The van der Waals surface area contributed by atoms with Crippen LogP contribution >= 0.6 is 0 Å². The molecule has 0 aromatic heterocycles. The first-order valence-electron chi connectivity index (χ1n) is 8.42. The smallest absolute Gasteiger partial charge is 0.321 e. The molecule has 1 aliphatic carbocycles. The van der Waals surface area contributed by atoms with Gasteiger partial charge in [0.25, 0.3) is 0 Å². The first-order valence-corrected chi connectivity index (χ1v) is 8.42. The molecule has 2 fully saturated rings. The number of hydrogen-bond acceptors (Lipinski definition) is 2. The number of benzene rings is 2. The van der Waals surface area contributed by atoms with Gasteiger partial charge in [0.15, 0.2) is 0 Å². The Labute approximate surface area is 142 Å². The Morgan fingerprint density at radius 3 is 2.58 bits per heavy atom. The summed E-state index contributed by atoms with van der Waals surface area (Å²) in [5.74, 6) is 1.41. The summed E-state index contributed by atoms with van der Waals surface area (Å²) in [6.07, 6.45) is 2.39. The molecule has 4 nitrogen and oxygen atoms in total. The Hall–Kier alpha value is -2.49. The molecule has 4 rings (SSSR count). The largest absolute Gasteiger partial charge is 0.497 e. The predicted octanol–water partition coefficient (Wildman–Crippen LogP) is 4.11. The molecule has 1 N–H and O–H groups in total. The van der Waals surface area contributed by atoms with Crippen molar-refractivity contribution in [2.45, 2.75) is 18.8 Å². The Bertz CT molecular complexity index is 730. The van der Waals surface area contributed by atoms with Gasteiger partial charge in [0, 0.05) is 30.3 Å². The molecule has 2 aliphatic rings. The van der Waals surface area contributed by atoms with E-state index >= 15 is 0 Å². The number of anilines is 1. The van der Waals surface area contributed by atoms with Crippen molar-refractivity contribution < 1.29 is 9.53 Å². The fraction of sp³-hybridized carbons (Fsp3) is 0.350. The molecule has 2 aromatic carbocycles. The average molecular weight is 322 g/mol. The number of carbonyl (C=O) groups excluding carboxylic acids is 1. The summed E-state index contributed by atoms with van der Waals surface area (Å²) >= 11 is 0. The Morgan fingerprint density at radius 1 is 1.12 bits per heavy atom. The summed E-state index contributed by atoms with van der Waals surface area (Å²) in [5, 5.41) is 2.95. The molecule has 1 heterocycles. The van der Waals surface area contributed by atoms with Gasteiger partial charge in [-0.15, -0.1) is 0 Å². The normalized spacial score (nSPS) is 18.6. The molecule has 2 amide bonds. The van der Waals surface area contributed by atoms with Crippen molar-refractivity contribution in [1.82, 2.24) is 4.90 Å². The maximum absolute atomic E-state index is 12.3. The minimum absolute atomic E-state index is 0.0166. The number of urea groups is 1. The van der Waals surface area contributed by atoms with E-state index in [1.165, 1.54) is 18.4 Å². The summed E-state index contributed by atoms with van der Waals surface area (Å²) in [4.78, 5) is 14.3. The van der Waals surface area contributed by atoms with Crippen LogP contribution in [0.1, 0.15) is 24.3 Å². The summed E-state index contributed by atoms with van der Waals surface area (Å²) in [5.41, 5.74) is 2.56. The number of carbonyl (C=O) groups is 1. The van der Waals surface area contributed by atoms with E-state index in [0.29, 0.717) is 11.3 Å². The lowest BCUT2D eigenvalue weighted by atomic mass is 9.56. The molecule has 1 saturated carbocycles. The molecule has 0 unspecified atom stereocenters. The zero-order chi connectivity index (χ0) is 16.6. The van der Waals surface area contributed by atoms with Crippen LogP contribution in [0, 0.1) is 5.41 Å². The second kappa shape index (κ2) is 5.86. The van der Waals surface area contributed by atoms with E-state index in [9.17, 15) is 4.79 Å². The lowest BCUT2D eigenvalue weighted by molar-refractivity contribution is -0.0442. The molecule has 124 valence electrons. The number of methoxy groups -OCH3 is 1. The van der Waals surface area contributed by atoms with Crippen LogP contribution in [0.5, 0.6) is 5.75 Å². The molecule has 1 spiro atoms. The lowest BCUT2D eigenvalue weighted by Gasteiger charge is -2.59. The van der Waals surface area contributed by atoms with Gasteiger partial charge >= 0.3 is 6.03 Å². The van der Waals surface area contributed by atoms with E-state index in [1.807, 2.05) is 29.2 Å². The van der Waals surface area contributed by atoms with E-state index < -0.39 is 0 Å². The van der Waals surface area contributed by atoms with Crippen LogP contribution in [0.3, 0.4) is 0 Å². The number of likely N-dealkylation sites (tertiary alicyclic amines) is 1. The highest BCUT2D eigenvalue weighted by atomic mass is 16.5. The van der Waals surface area contributed by atoms with E-state index in [1.54, 1.807) is 7.11 Å². The number of rotatable bonds is 3. The van der Waals surface area contributed by atoms with Gasteiger partial charge in [-0.1, -0.05) is 36.4 Å². The number of nitrogens with zero attached hydrogens (tertiary/aromatic N) is 1. The van der Waals surface area contributed by atoms with Crippen molar-refractivity contribution in [2.75, 3.05) is 25.5 Å². The third-order valence-corrected chi connectivity index (χ3v) is 5.29. The van der Waals surface area contributed by atoms with Gasteiger partial charge < -0.3 is 15.0 Å². The van der Waals surface area contributed by atoms with Gasteiger partial charge in [0.05, 0.1) is 7.11 Å². The second-order valence-electron chi connectivity index (χ2n) is 7.03. The first kappa shape index (κ1) is 15.1. The molecule has 4 heteroatoms. The molecule has 24 heavy (non-hydrogen) atoms. The zero-order valence-corrected chi connectivity index (χ0v) is 13.9. The zero-order valence-electron chi connectivity index (χ0n) is 13.9. The maximum atomic E-state index is 12.3. The molecule has 1 saturated heterocycles. The maximum Gasteiger partial charge on any atom is 0.321 e. The third kappa shape index (κ3) is 2.73. The number of hydrogen-bond donors (Lipinski definition) is 1. The highest BCUT2D eigenvalue weighted by Gasteiger charge is 2.53. The quantitative estimate of drug-likeness (QED) is 0.924. The summed E-state index contributed by atoms with van der Waals surface area (Å²) in [7, 11) is 1.62. The SMILES string of the molecule is COc1cccc(NC(=O)N2CC3(CC(c4ccccc4)C3)C2)c1. The number of nitrogens with one attached hydrogen (secondary N) is 1. The van der Waals surface area contributed by atoms with Gasteiger partial charge in [0.1, 0.15) is 5.75 Å². The van der Waals surface area contributed by atoms with Crippen LogP contribution in [0.2, 0.25) is 0 Å². The highest BCUT2D eigenvalue weighted by Crippen LogP contribution is 2.56. The van der Waals surface area contributed by atoms with E-state index in [2.05, 4.69) is 35.6 Å². The van der Waals surface area contributed by atoms with Crippen molar-refractivity contribution in [2.24, 2.45) is 5.41 Å². The Balaban J connectivity index is 1.29. The number of amides is 2. The summed E-state index contributed by atoms with van der Waals surface area (Å²) in [6.45, 7) is 1.73. The van der Waals surface area contributed by atoms with Gasteiger partial charge in [0.2, 0.25) is 0 Å². The van der Waals surface area contributed by atoms with Crippen molar-refractivity contribution in [3.63, 3.8) is 0 Å². The van der Waals surface area contributed by atoms with Gasteiger partial charge in [-0.2, -0.15) is 0 Å². The van der Waals surface area contributed by atoms with Gasteiger partial charge in [-0.05, 0) is 36.5 Å². The van der Waals surface area contributed by atoms with Crippen LogP contribution in [-0.4, -0.2) is 31.1 Å². The molecule has 0 radical (unpaired) electrons. The van der Waals surface area contributed by atoms with E-state index in [-0.39, 0.29) is 6.03 Å². The van der Waals surface area contributed by atoms with Crippen LogP contribution in [0.4, 0.5) is 10.5 Å². The fourth-order valence-electron chi connectivity index (χ4n) is 4.02. The van der Waals surface area contributed by atoms with Crippen molar-refractivity contribution in [3.05, 3.63) is 60.2 Å². The van der Waals surface area contributed by atoms with Gasteiger partial charge in [-0.3, -0.25) is 0 Å². The van der Waals surface area contributed by atoms with Crippen LogP contribution in [0.15, 0.2) is 54.6 Å². The van der Waals surface area contributed by atoms with Crippen molar-refractivity contribution in [1.29, 1.82) is 0 Å². The van der Waals surface area contributed by atoms with Crippen LogP contribution in [0.25, 0.3) is 0 Å². The molecular formula is C20H22N2O2. The highest BCUT2D eigenvalue weighted by molar-refractivity contribution is 5.90. The minimum atomic E-state index is -0.0166. The predicted molar refractivity (Wildman–Crippen MR) is 94.4 cm³/mol. The second-order valence-corrected chi connectivity index (χ2v) is 7.03. The standard InChI is InChI=1S/C20H22N2O2/c1-24-18-9-5-8-17(10-18)21-19(23)22-13-20(14-22)11-16(12-20)15-6-3-2-4-7-15/h2-10,16H,11-14H2,1H3,(H,21,23). The molecule has 0 bridgehead atoms. The molecule has 2 aromatic rings. The molecular weight excluding hydrogens is 300 g/mol. The van der Waals surface area contributed by atoms with Crippen LogP contribution in [-0.2, 0) is 0 Å². The monoisotopic (exact) mass is 322 g/mol. The van der Waals surface area contributed by atoms with Crippen molar-refractivity contribution in [3.8, 4) is 5.75 Å². The van der Waals surface area contributed by atoms with Crippen molar-refractivity contribution >= 4 is 11.7 Å². The summed E-state index contributed by atoms with van der Waals surface area (Å²) in [6, 6.07) is 18.1. The minimum Gasteiger partial charge on any atom is -0.497 e. The van der Waals surface area contributed by atoms with Gasteiger partial charge in [-0.25, -0.2) is 4.79 Å². The molecule has 1 aliphatic heterocycles. The van der Waals surface area contributed by atoms with E-state index in [4.69, 9.17) is 4.74 Å². The summed E-state index contributed by atoms with van der Waals surface area (Å²) < 4.78 is 5.19. The molecule has 0 atom stereocenters. The Kier molecular flexibility index (Phi) is 3.68. The fourth-order valence-corrected chi connectivity index (χ4v) is 4.02. The van der Waals surface area contributed by atoms with Crippen LogP contribution < -0.4 is 10.1 Å². The third-order valence-electron chi connectivity index (χ3n) is 5.29. The average Bonchev–Trinajstić information content (AvgIpc) is 2.53. The van der Waals surface area contributed by atoms with E-state index in [0.717, 1.165) is 24.5 Å². The first-order chi connectivity index (χ1) is 11.7.